The van der Waals surface area contributed by atoms with Gasteiger partial charge in [-0.05, 0) is 19.9 Å². The Morgan fingerprint density at radius 3 is 2.47 bits per heavy atom. The van der Waals surface area contributed by atoms with Crippen LogP contribution < -0.4 is 5.73 Å². The number of hydrogen-bond acceptors (Lipinski definition) is 4. The number of rotatable bonds is 6. The summed E-state index contributed by atoms with van der Waals surface area (Å²) in [5.41, 5.74) is 5.55. The van der Waals surface area contributed by atoms with Crippen molar-refractivity contribution >= 4 is 23.1 Å². The minimum atomic E-state index is 0.253. The van der Waals surface area contributed by atoms with E-state index in [1.807, 2.05) is 4.90 Å². The highest BCUT2D eigenvalue weighted by atomic mass is 32.1. The third-order valence-corrected chi connectivity index (χ3v) is 4.11. The summed E-state index contributed by atoms with van der Waals surface area (Å²) in [5.74, 6) is 0.253. The van der Waals surface area contributed by atoms with Crippen LogP contribution >= 0.6 is 12.2 Å². The summed E-state index contributed by atoms with van der Waals surface area (Å²) in [6.07, 6.45) is 3.11. The van der Waals surface area contributed by atoms with Crippen LogP contribution in [0.1, 0.15) is 19.3 Å². The highest BCUT2D eigenvalue weighted by Crippen LogP contribution is 2.26. The molecular formula is C13H24N4OS. The summed E-state index contributed by atoms with van der Waals surface area (Å²) >= 11 is 4.92. The second kappa shape index (κ2) is 6.63. The van der Waals surface area contributed by atoms with Gasteiger partial charge in [0.15, 0.2) is 0 Å². The van der Waals surface area contributed by atoms with E-state index in [-0.39, 0.29) is 5.91 Å². The third-order valence-electron chi connectivity index (χ3n) is 3.90. The molecule has 1 saturated carbocycles. The Morgan fingerprint density at radius 1 is 1.32 bits per heavy atom. The molecule has 2 N–H and O–H groups in total. The van der Waals surface area contributed by atoms with Crippen molar-refractivity contribution in [3.05, 3.63) is 0 Å². The van der Waals surface area contributed by atoms with Gasteiger partial charge in [-0.3, -0.25) is 9.69 Å². The lowest BCUT2D eigenvalue weighted by atomic mass is 10.3. The topological polar surface area (TPSA) is 52.8 Å². The van der Waals surface area contributed by atoms with Gasteiger partial charge >= 0.3 is 0 Å². The first-order chi connectivity index (χ1) is 9.06. The molecule has 0 aromatic carbocycles. The molecule has 1 saturated heterocycles. The predicted molar refractivity (Wildman–Crippen MR) is 80.1 cm³/mol. The maximum absolute atomic E-state index is 12.3. The lowest BCUT2D eigenvalue weighted by Crippen LogP contribution is -2.50. The minimum absolute atomic E-state index is 0.253. The molecule has 6 heteroatoms. The number of piperazine rings is 1. The number of thiocarbonyl (C=S) groups is 1. The van der Waals surface area contributed by atoms with E-state index in [2.05, 4.69) is 16.8 Å². The highest BCUT2D eigenvalue weighted by molar-refractivity contribution is 7.80. The molecule has 2 rings (SSSR count). The summed E-state index contributed by atoms with van der Waals surface area (Å²) in [4.78, 5) is 19.3. The monoisotopic (exact) mass is 284 g/mol. The Morgan fingerprint density at radius 2 is 1.95 bits per heavy atom. The molecule has 2 fully saturated rings. The van der Waals surface area contributed by atoms with Crippen molar-refractivity contribution in [2.24, 2.45) is 5.73 Å². The quantitative estimate of drug-likeness (QED) is 0.691. The van der Waals surface area contributed by atoms with E-state index in [0.29, 0.717) is 24.0 Å². The molecule has 2 aliphatic rings. The molecule has 5 nitrogen and oxygen atoms in total. The zero-order chi connectivity index (χ0) is 13.8. The van der Waals surface area contributed by atoms with Gasteiger partial charge in [-0.1, -0.05) is 12.2 Å². The zero-order valence-corrected chi connectivity index (χ0v) is 12.5. The van der Waals surface area contributed by atoms with Crippen LogP contribution in [0.5, 0.6) is 0 Å². The third kappa shape index (κ3) is 4.71. The number of carbonyl (C=O) groups excluding carboxylic acids is 1. The van der Waals surface area contributed by atoms with Crippen LogP contribution in [0.2, 0.25) is 0 Å². The fourth-order valence-corrected chi connectivity index (χ4v) is 2.51. The van der Waals surface area contributed by atoms with Gasteiger partial charge in [-0.15, -0.1) is 0 Å². The molecule has 0 unspecified atom stereocenters. The van der Waals surface area contributed by atoms with Gasteiger partial charge in [-0.25, -0.2) is 0 Å². The molecule has 0 spiro atoms. The van der Waals surface area contributed by atoms with Gasteiger partial charge in [0.25, 0.3) is 0 Å². The van der Waals surface area contributed by atoms with Gasteiger partial charge in [-0.2, -0.15) is 0 Å². The molecule has 1 amide bonds. The molecule has 0 aromatic rings. The average molecular weight is 284 g/mol. The molecule has 1 aliphatic heterocycles. The van der Waals surface area contributed by atoms with E-state index < -0.39 is 0 Å². The molecular weight excluding hydrogens is 260 g/mol. The number of nitrogens with two attached hydrogens (primary N) is 1. The molecule has 0 radical (unpaired) electrons. The molecule has 0 atom stereocenters. The van der Waals surface area contributed by atoms with Crippen molar-refractivity contribution in [1.82, 2.24) is 14.7 Å². The van der Waals surface area contributed by atoms with Crippen LogP contribution in [-0.4, -0.2) is 78.0 Å². The smallest absolute Gasteiger partial charge is 0.236 e. The first-order valence-electron chi connectivity index (χ1n) is 7.05. The maximum atomic E-state index is 12.3. The van der Waals surface area contributed by atoms with Crippen molar-refractivity contribution in [3.63, 3.8) is 0 Å². The molecule has 19 heavy (non-hydrogen) atoms. The molecule has 108 valence electrons. The second-order valence-electron chi connectivity index (χ2n) is 5.60. The first-order valence-corrected chi connectivity index (χ1v) is 7.46. The number of nitrogens with zero attached hydrogens (tertiary/aromatic N) is 3. The Labute approximate surface area is 120 Å². The normalized spacial score (nSPS) is 20.8. The lowest BCUT2D eigenvalue weighted by molar-refractivity contribution is -0.134. The minimum Gasteiger partial charge on any atom is -0.393 e. The first kappa shape index (κ1) is 14.7. The number of hydrogen-bond donors (Lipinski definition) is 1. The Kier molecular flexibility index (Phi) is 5.13. The van der Waals surface area contributed by atoms with Gasteiger partial charge in [0, 0.05) is 45.2 Å². The van der Waals surface area contributed by atoms with Crippen molar-refractivity contribution < 1.29 is 4.79 Å². The van der Waals surface area contributed by atoms with Crippen LogP contribution in [0.25, 0.3) is 0 Å². The van der Waals surface area contributed by atoms with E-state index in [0.717, 1.165) is 32.7 Å². The van der Waals surface area contributed by atoms with Crippen LogP contribution in [0.3, 0.4) is 0 Å². The zero-order valence-electron chi connectivity index (χ0n) is 11.7. The van der Waals surface area contributed by atoms with E-state index in [1.54, 1.807) is 0 Å². The lowest BCUT2D eigenvalue weighted by Gasteiger charge is -2.34. The fourth-order valence-electron chi connectivity index (χ4n) is 2.41. The van der Waals surface area contributed by atoms with Crippen LogP contribution in [0, 0.1) is 0 Å². The van der Waals surface area contributed by atoms with Gasteiger partial charge in [0.05, 0.1) is 11.5 Å². The Bertz CT molecular complexity index is 338. The number of likely N-dealkylation sites (N-methyl/N-ethyl adjacent to an activating group) is 1. The summed E-state index contributed by atoms with van der Waals surface area (Å²) in [6.45, 7) is 4.99. The molecule has 1 aliphatic carbocycles. The van der Waals surface area contributed by atoms with Gasteiger partial charge in [0.1, 0.15) is 0 Å². The number of carbonyl (C=O) groups is 1. The second-order valence-corrected chi connectivity index (χ2v) is 6.13. The Balaban J connectivity index is 1.79. The van der Waals surface area contributed by atoms with E-state index >= 15 is 0 Å². The highest BCUT2D eigenvalue weighted by Gasteiger charge is 2.31. The number of amides is 1. The van der Waals surface area contributed by atoms with Crippen LogP contribution in [0.15, 0.2) is 0 Å². The largest absolute Gasteiger partial charge is 0.393 e. The van der Waals surface area contributed by atoms with Gasteiger partial charge < -0.3 is 15.5 Å². The summed E-state index contributed by atoms with van der Waals surface area (Å²) < 4.78 is 0. The molecule has 0 bridgehead atoms. The average Bonchev–Trinajstić information content (AvgIpc) is 3.19. The van der Waals surface area contributed by atoms with Gasteiger partial charge in [0.2, 0.25) is 5.91 Å². The maximum Gasteiger partial charge on any atom is 0.236 e. The van der Waals surface area contributed by atoms with Crippen molar-refractivity contribution in [3.8, 4) is 0 Å². The standard InChI is InChI=1S/C13H24N4OS/c1-15-6-8-16(9-7-15)13(18)10-17(11-2-3-11)5-4-12(14)19/h11H,2-10H2,1H3,(H2,14,19). The summed E-state index contributed by atoms with van der Waals surface area (Å²) in [7, 11) is 2.10. The SMILES string of the molecule is CN1CCN(C(=O)CN(CCC(N)=S)C2CC2)CC1. The van der Waals surface area contributed by atoms with E-state index in [1.165, 1.54) is 12.8 Å². The van der Waals surface area contributed by atoms with Crippen LogP contribution in [0.4, 0.5) is 0 Å². The van der Waals surface area contributed by atoms with Crippen LogP contribution in [-0.2, 0) is 4.79 Å². The van der Waals surface area contributed by atoms with E-state index in [4.69, 9.17) is 18.0 Å². The molecule has 1 heterocycles. The van der Waals surface area contributed by atoms with Crippen molar-refractivity contribution in [2.75, 3.05) is 46.3 Å². The van der Waals surface area contributed by atoms with Crippen molar-refractivity contribution in [1.29, 1.82) is 0 Å². The summed E-state index contributed by atoms with van der Waals surface area (Å²) in [6, 6.07) is 0.575. The van der Waals surface area contributed by atoms with E-state index in [9.17, 15) is 4.79 Å². The predicted octanol–water partition coefficient (Wildman–Crippen LogP) is -0.0990. The fraction of sp³-hybridized carbons (Fsp3) is 0.846. The summed E-state index contributed by atoms with van der Waals surface area (Å²) in [5, 5.41) is 0. The Hall–Kier alpha value is -0.720. The van der Waals surface area contributed by atoms with Crippen molar-refractivity contribution in [2.45, 2.75) is 25.3 Å². The molecule has 0 aromatic heterocycles.